The number of aromatic nitrogens is 1. The van der Waals surface area contributed by atoms with Gasteiger partial charge in [-0.25, -0.2) is 4.39 Å². The maximum absolute atomic E-state index is 13.5. The zero-order chi connectivity index (χ0) is 16.2. The van der Waals surface area contributed by atoms with Gasteiger partial charge in [0, 0.05) is 16.7 Å². The molecule has 0 aliphatic heterocycles. The van der Waals surface area contributed by atoms with Crippen molar-refractivity contribution >= 4 is 23.2 Å². The van der Waals surface area contributed by atoms with Crippen molar-refractivity contribution < 1.29 is 13.7 Å². The maximum atomic E-state index is 13.5. The van der Waals surface area contributed by atoms with Gasteiger partial charge < -0.3 is 9.84 Å². The number of amides is 1. The van der Waals surface area contributed by atoms with Gasteiger partial charge in [-0.05, 0) is 36.4 Å². The fourth-order valence-corrected chi connectivity index (χ4v) is 2.19. The summed E-state index contributed by atoms with van der Waals surface area (Å²) in [6.45, 7) is 0. The van der Waals surface area contributed by atoms with Gasteiger partial charge in [0.05, 0.1) is 17.8 Å². The van der Waals surface area contributed by atoms with Crippen molar-refractivity contribution in [2.45, 2.75) is 6.42 Å². The van der Waals surface area contributed by atoms with E-state index in [-0.39, 0.29) is 18.0 Å². The van der Waals surface area contributed by atoms with Crippen LogP contribution in [0, 0.1) is 5.82 Å². The number of carbonyl (C=O) groups is 1. The van der Waals surface area contributed by atoms with E-state index in [1.54, 1.807) is 42.5 Å². The van der Waals surface area contributed by atoms with Crippen LogP contribution in [0.3, 0.4) is 0 Å². The molecule has 6 heteroatoms. The van der Waals surface area contributed by atoms with Crippen molar-refractivity contribution in [2.75, 3.05) is 5.32 Å². The van der Waals surface area contributed by atoms with E-state index in [2.05, 4.69) is 10.5 Å². The molecule has 0 aliphatic carbocycles. The third-order valence-corrected chi connectivity index (χ3v) is 3.43. The summed E-state index contributed by atoms with van der Waals surface area (Å²) >= 11 is 5.83. The number of rotatable bonds is 4. The van der Waals surface area contributed by atoms with Gasteiger partial charge in [0.25, 0.3) is 0 Å². The molecule has 1 aromatic heterocycles. The Bertz CT molecular complexity index is 831. The largest absolute Gasteiger partial charge is 0.356 e. The second kappa shape index (κ2) is 6.62. The minimum Gasteiger partial charge on any atom is -0.356 e. The number of halogens is 2. The molecule has 0 unspecified atom stereocenters. The lowest BCUT2D eigenvalue weighted by atomic mass is 10.1. The van der Waals surface area contributed by atoms with Gasteiger partial charge in [-0.15, -0.1) is 0 Å². The highest BCUT2D eigenvalue weighted by Crippen LogP contribution is 2.22. The van der Waals surface area contributed by atoms with Crippen LogP contribution in [-0.2, 0) is 11.2 Å². The molecule has 1 amide bonds. The van der Waals surface area contributed by atoms with E-state index in [1.807, 2.05) is 0 Å². The van der Waals surface area contributed by atoms with Crippen LogP contribution >= 0.6 is 11.6 Å². The average molecular weight is 331 g/mol. The highest BCUT2D eigenvalue weighted by Gasteiger charge is 2.12. The number of hydrogen-bond donors (Lipinski definition) is 1. The maximum Gasteiger partial charge on any atom is 0.230 e. The Kier molecular flexibility index (Phi) is 4.39. The van der Waals surface area contributed by atoms with Gasteiger partial charge in [-0.2, -0.15) is 0 Å². The number of hydrogen-bond acceptors (Lipinski definition) is 3. The van der Waals surface area contributed by atoms with E-state index in [0.717, 1.165) is 5.56 Å². The molecule has 0 radical (unpaired) electrons. The summed E-state index contributed by atoms with van der Waals surface area (Å²) in [5.41, 5.74) is 1.41. The first-order valence-electron chi connectivity index (χ1n) is 6.88. The second-order valence-corrected chi connectivity index (χ2v) is 5.33. The Balaban J connectivity index is 1.68. The molecule has 4 nitrogen and oxygen atoms in total. The standard InChI is InChI=1S/C17H12ClFN2O2/c18-12-7-5-11(6-8-12)16-9-13(21-23-16)10-17(22)20-15-4-2-1-3-14(15)19/h1-9H,10H2,(H,20,22). The lowest BCUT2D eigenvalue weighted by Crippen LogP contribution is -2.15. The molecule has 116 valence electrons. The molecule has 0 saturated carbocycles. The molecule has 1 heterocycles. The number of benzene rings is 2. The topological polar surface area (TPSA) is 55.1 Å². The molecule has 0 spiro atoms. The molecule has 2 aromatic carbocycles. The number of anilines is 1. The summed E-state index contributed by atoms with van der Waals surface area (Å²) in [6, 6.07) is 14.7. The van der Waals surface area contributed by atoms with E-state index < -0.39 is 5.82 Å². The highest BCUT2D eigenvalue weighted by atomic mass is 35.5. The van der Waals surface area contributed by atoms with Crippen LogP contribution in [0.2, 0.25) is 5.02 Å². The number of para-hydroxylation sites is 1. The van der Waals surface area contributed by atoms with Crippen molar-refractivity contribution in [3.8, 4) is 11.3 Å². The minimum atomic E-state index is -0.483. The first-order chi connectivity index (χ1) is 11.1. The summed E-state index contributed by atoms with van der Waals surface area (Å²) < 4.78 is 18.7. The van der Waals surface area contributed by atoms with Gasteiger partial charge in [0.2, 0.25) is 5.91 Å². The van der Waals surface area contributed by atoms with Crippen LogP contribution in [-0.4, -0.2) is 11.1 Å². The molecular weight excluding hydrogens is 319 g/mol. The van der Waals surface area contributed by atoms with Gasteiger partial charge in [-0.3, -0.25) is 4.79 Å². The molecule has 3 rings (SSSR count). The smallest absolute Gasteiger partial charge is 0.230 e. The molecule has 0 bridgehead atoms. The van der Waals surface area contributed by atoms with E-state index >= 15 is 0 Å². The molecule has 0 fully saturated rings. The molecule has 1 N–H and O–H groups in total. The Labute approximate surface area is 136 Å². The van der Waals surface area contributed by atoms with Crippen LogP contribution in [0.4, 0.5) is 10.1 Å². The van der Waals surface area contributed by atoms with E-state index in [1.165, 1.54) is 12.1 Å². The zero-order valence-electron chi connectivity index (χ0n) is 11.9. The van der Waals surface area contributed by atoms with E-state index in [0.29, 0.717) is 16.5 Å². The van der Waals surface area contributed by atoms with Crippen LogP contribution in [0.1, 0.15) is 5.69 Å². The van der Waals surface area contributed by atoms with Crippen molar-refractivity contribution in [3.63, 3.8) is 0 Å². The molecule has 0 saturated heterocycles. The van der Waals surface area contributed by atoms with E-state index in [9.17, 15) is 9.18 Å². The summed E-state index contributed by atoms with van der Waals surface area (Å²) in [6.07, 6.45) is -0.00851. The van der Waals surface area contributed by atoms with Crippen LogP contribution in [0.5, 0.6) is 0 Å². The molecule has 23 heavy (non-hydrogen) atoms. The minimum absolute atomic E-state index is 0.00851. The third-order valence-electron chi connectivity index (χ3n) is 3.18. The van der Waals surface area contributed by atoms with Gasteiger partial charge in [0.1, 0.15) is 5.82 Å². The van der Waals surface area contributed by atoms with Gasteiger partial charge >= 0.3 is 0 Å². The Morgan fingerprint density at radius 1 is 1.17 bits per heavy atom. The normalized spacial score (nSPS) is 10.5. The van der Waals surface area contributed by atoms with Crippen molar-refractivity contribution in [1.82, 2.24) is 5.16 Å². The summed E-state index contributed by atoms with van der Waals surface area (Å²) in [4.78, 5) is 11.9. The lowest BCUT2D eigenvalue weighted by molar-refractivity contribution is -0.115. The Hall–Kier alpha value is -2.66. The van der Waals surface area contributed by atoms with Crippen molar-refractivity contribution in [1.29, 1.82) is 0 Å². The van der Waals surface area contributed by atoms with Crippen molar-refractivity contribution in [2.24, 2.45) is 0 Å². The van der Waals surface area contributed by atoms with Crippen LogP contribution < -0.4 is 5.32 Å². The van der Waals surface area contributed by atoms with Crippen LogP contribution in [0.15, 0.2) is 59.1 Å². The molecule has 3 aromatic rings. The predicted octanol–water partition coefficient (Wildman–Crippen LogP) is 4.32. The SMILES string of the molecule is O=C(Cc1cc(-c2ccc(Cl)cc2)on1)Nc1ccccc1F. The molecule has 0 aliphatic rings. The first kappa shape index (κ1) is 15.2. The summed E-state index contributed by atoms with van der Waals surface area (Å²) in [5.74, 6) is -0.315. The van der Waals surface area contributed by atoms with Crippen molar-refractivity contribution in [3.05, 3.63) is 71.1 Å². The lowest BCUT2D eigenvalue weighted by Gasteiger charge is -2.04. The Morgan fingerprint density at radius 2 is 1.91 bits per heavy atom. The number of nitrogens with one attached hydrogen (secondary N) is 1. The summed E-state index contributed by atoms with van der Waals surface area (Å²) in [7, 11) is 0. The fraction of sp³-hybridized carbons (Fsp3) is 0.0588. The third kappa shape index (κ3) is 3.76. The zero-order valence-corrected chi connectivity index (χ0v) is 12.7. The second-order valence-electron chi connectivity index (χ2n) is 4.89. The number of nitrogens with zero attached hydrogens (tertiary/aromatic N) is 1. The molecular formula is C17H12ClFN2O2. The summed E-state index contributed by atoms with van der Waals surface area (Å²) in [5, 5.41) is 6.98. The predicted molar refractivity (Wildman–Crippen MR) is 85.7 cm³/mol. The molecule has 0 atom stereocenters. The quantitative estimate of drug-likeness (QED) is 0.775. The fourth-order valence-electron chi connectivity index (χ4n) is 2.07. The van der Waals surface area contributed by atoms with Gasteiger partial charge in [-0.1, -0.05) is 28.9 Å². The van der Waals surface area contributed by atoms with E-state index in [4.69, 9.17) is 16.1 Å². The number of carbonyl (C=O) groups excluding carboxylic acids is 1. The monoisotopic (exact) mass is 330 g/mol. The first-order valence-corrected chi connectivity index (χ1v) is 7.25. The van der Waals surface area contributed by atoms with Crippen LogP contribution in [0.25, 0.3) is 11.3 Å². The average Bonchev–Trinajstić information content (AvgIpc) is 2.98. The highest BCUT2D eigenvalue weighted by molar-refractivity contribution is 6.30. The van der Waals surface area contributed by atoms with Gasteiger partial charge in [0.15, 0.2) is 5.76 Å². The Morgan fingerprint density at radius 3 is 2.65 bits per heavy atom.